The predicted octanol–water partition coefficient (Wildman–Crippen LogP) is 2.65. The Bertz CT molecular complexity index is 783. The van der Waals surface area contributed by atoms with Crippen LogP contribution >= 0.6 is 0 Å². The van der Waals surface area contributed by atoms with Gasteiger partial charge >= 0.3 is 0 Å². The topological polar surface area (TPSA) is 98.1 Å². The molecule has 2 heterocycles. The van der Waals surface area contributed by atoms with Crippen molar-refractivity contribution < 1.29 is 9.63 Å². The maximum atomic E-state index is 9.44. The van der Waals surface area contributed by atoms with Crippen molar-refractivity contribution in [3.05, 3.63) is 42.1 Å². The Kier molecular flexibility index (Phi) is 3.27. The second-order valence-corrected chi connectivity index (χ2v) is 4.56. The lowest BCUT2D eigenvalue weighted by molar-refractivity contribution is 0.432. The van der Waals surface area contributed by atoms with Crippen LogP contribution in [-0.2, 0) is 6.42 Å². The number of anilines is 1. The summed E-state index contributed by atoms with van der Waals surface area (Å²) < 4.78 is 5.26. The number of aromatic hydroxyl groups is 1. The van der Waals surface area contributed by atoms with Gasteiger partial charge in [-0.15, -0.1) is 0 Å². The van der Waals surface area contributed by atoms with Gasteiger partial charge in [0.2, 0.25) is 5.82 Å². The third kappa shape index (κ3) is 2.43. The number of nitrogens with zero attached hydrogens (tertiary/aromatic N) is 3. The Morgan fingerprint density at radius 3 is 2.90 bits per heavy atom. The monoisotopic (exact) mass is 282 g/mol. The number of hydrogen-bond acceptors (Lipinski definition) is 6. The summed E-state index contributed by atoms with van der Waals surface area (Å²) in [5, 5.41) is 13.4. The van der Waals surface area contributed by atoms with Gasteiger partial charge in [-0.1, -0.05) is 18.1 Å². The van der Waals surface area contributed by atoms with Crippen molar-refractivity contribution in [1.29, 1.82) is 0 Å². The summed E-state index contributed by atoms with van der Waals surface area (Å²) in [4.78, 5) is 8.66. The van der Waals surface area contributed by atoms with Gasteiger partial charge in [-0.3, -0.25) is 4.98 Å². The van der Waals surface area contributed by atoms with E-state index in [1.807, 2.05) is 19.1 Å². The molecule has 6 nitrogen and oxygen atoms in total. The van der Waals surface area contributed by atoms with Crippen LogP contribution in [0.2, 0.25) is 0 Å². The van der Waals surface area contributed by atoms with Crippen LogP contribution in [0, 0.1) is 0 Å². The first-order chi connectivity index (χ1) is 10.2. The van der Waals surface area contributed by atoms with E-state index in [1.165, 1.54) is 6.07 Å². The van der Waals surface area contributed by atoms with E-state index in [0.717, 1.165) is 12.0 Å². The van der Waals surface area contributed by atoms with Gasteiger partial charge in [-0.2, -0.15) is 4.98 Å². The number of aryl methyl sites for hydroxylation is 1. The number of phenolic OH excluding ortho intramolecular Hbond substituents is 1. The summed E-state index contributed by atoms with van der Waals surface area (Å²) in [5.74, 6) is 0.801. The fraction of sp³-hybridized carbons (Fsp3) is 0.133. The number of rotatable bonds is 3. The highest BCUT2D eigenvalue weighted by atomic mass is 16.5. The highest BCUT2D eigenvalue weighted by molar-refractivity contribution is 5.66. The molecular formula is C15H14N4O2. The third-order valence-electron chi connectivity index (χ3n) is 3.18. The fourth-order valence-electron chi connectivity index (χ4n) is 2.05. The predicted molar refractivity (Wildman–Crippen MR) is 78.4 cm³/mol. The summed E-state index contributed by atoms with van der Waals surface area (Å²) in [6.45, 7) is 2.04. The van der Waals surface area contributed by atoms with Crippen LogP contribution < -0.4 is 5.73 Å². The number of nitrogens with two attached hydrogens (primary N) is 1. The largest absolute Gasteiger partial charge is 0.506 e. The third-order valence-corrected chi connectivity index (χ3v) is 3.18. The Morgan fingerprint density at radius 2 is 2.14 bits per heavy atom. The lowest BCUT2D eigenvalue weighted by atomic mass is 10.1. The summed E-state index contributed by atoms with van der Waals surface area (Å²) in [5.41, 5.74) is 8.34. The Hall–Kier alpha value is -2.89. The molecule has 0 unspecified atom stereocenters. The Balaban J connectivity index is 2.01. The molecule has 3 rings (SSSR count). The van der Waals surface area contributed by atoms with Crippen LogP contribution in [-0.4, -0.2) is 20.2 Å². The van der Waals surface area contributed by atoms with E-state index in [-0.39, 0.29) is 11.4 Å². The van der Waals surface area contributed by atoms with E-state index in [0.29, 0.717) is 23.0 Å². The Morgan fingerprint density at radius 1 is 1.29 bits per heavy atom. The first-order valence-electron chi connectivity index (χ1n) is 6.56. The van der Waals surface area contributed by atoms with Crippen LogP contribution in [0.1, 0.15) is 12.5 Å². The molecule has 0 aliphatic carbocycles. The smallest absolute Gasteiger partial charge is 0.258 e. The lowest BCUT2D eigenvalue weighted by Gasteiger charge is -2.01. The number of aromatic nitrogens is 3. The minimum absolute atomic E-state index is 0.0245. The zero-order valence-corrected chi connectivity index (χ0v) is 11.4. The molecule has 0 aliphatic rings. The maximum Gasteiger partial charge on any atom is 0.258 e. The maximum absolute atomic E-state index is 9.44. The van der Waals surface area contributed by atoms with Crippen molar-refractivity contribution in [3.63, 3.8) is 0 Å². The molecule has 0 atom stereocenters. The van der Waals surface area contributed by atoms with Crippen molar-refractivity contribution in [2.45, 2.75) is 13.3 Å². The average Bonchev–Trinajstić information content (AvgIpc) is 2.99. The van der Waals surface area contributed by atoms with Crippen LogP contribution in [0.3, 0.4) is 0 Å². The van der Waals surface area contributed by atoms with Crippen molar-refractivity contribution >= 4 is 5.69 Å². The normalized spacial score (nSPS) is 10.7. The van der Waals surface area contributed by atoms with Gasteiger partial charge in [0.05, 0.1) is 5.69 Å². The highest BCUT2D eigenvalue weighted by Crippen LogP contribution is 2.28. The van der Waals surface area contributed by atoms with Crippen molar-refractivity contribution in [3.8, 4) is 28.7 Å². The minimum Gasteiger partial charge on any atom is -0.506 e. The van der Waals surface area contributed by atoms with E-state index in [2.05, 4.69) is 15.1 Å². The van der Waals surface area contributed by atoms with E-state index < -0.39 is 0 Å². The molecule has 0 amide bonds. The molecule has 0 spiro atoms. The van der Waals surface area contributed by atoms with Gasteiger partial charge in [0, 0.05) is 11.8 Å². The van der Waals surface area contributed by atoms with Crippen LogP contribution in [0.4, 0.5) is 5.69 Å². The Labute approximate surface area is 121 Å². The van der Waals surface area contributed by atoms with Gasteiger partial charge in [-0.25, -0.2) is 0 Å². The molecule has 0 bridgehead atoms. The number of benzene rings is 1. The van der Waals surface area contributed by atoms with Gasteiger partial charge in [0.15, 0.2) is 0 Å². The SMILES string of the molecule is CCc1cccnc1-c1noc(-c2ccc(O)c(N)c2)n1. The molecule has 1 aromatic carbocycles. The van der Waals surface area contributed by atoms with Crippen LogP contribution in [0.25, 0.3) is 23.0 Å². The number of phenols is 1. The van der Waals surface area contributed by atoms with E-state index >= 15 is 0 Å². The van der Waals surface area contributed by atoms with Crippen LogP contribution in [0.15, 0.2) is 41.1 Å². The van der Waals surface area contributed by atoms with Crippen molar-refractivity contribution in [2.24, 2.45) is 0 Å². The molecule has 0 aliphatic heterocycles. The standard InChI is InChI=1S/C15H14N4O2/c1-2-9-4-3-7-17-13(9)14-18-15(21-19-14)10-5-6-12(20)11(16)8-10/h3-8,20H,2,16H2,1H3. The second-order valence-electron chi connectivity index (χ2n) is 4.56. The number of pyridine rings is 1. The molecule has 2 aromatic heterocycles. The summed E-state index contributed by atoms with van der Waals surface area (Å²) in [6, 6.07) is 8.61. The quantitative estimate of drug-likeness (QED) is 0.566. The summed E-state index contributed by atoms with van der Waals surface area (Å²) in [6.07, 6.45) is 2.53. The zero-order chi connectivity index (χ0) is 14.8. The van der Waals surface area contributed by atoms with Crippen molar-refractivity contribution in [2.75, 3.05) is 5.73 Å². The molecule has 0 radical (unpaired) electrons. The molecule has 0 saturated carbocycles. The highest BCUT2D eigenvalue weighted by Gasteiger charge is 2.14. The van der Waals surface area contributed by atoms with E-state index in [9.17, 15) is 5.11 Å². The van der Waals surface area contributed by atoms with Gasteiger partial charge in [0.25, 0.3) is 5.89 Å². The zero-order valence-electron chi connectivity index (χ0n) is 11.4. The minimum atomic E-state index is 0.0245. The van der Waals surface area contributed by atoms with Crippen LogP contribution in [0.5, 0.6) is 5.75 Å². The van der Waals surface area contributed by atoms with Gasteiger partial charge in [-0.05, 0) is 36.2 Å². The number of nitrogen functional groups attached to an aromatic ring is 1. The van der Waals surface area contributed by atoms with Gasteiger partial charge in [0.1, 0.15) is 11.4 Å². The fourth-order valence-corrected chi connectivity index (χ4v) is 2.05. The molecule has 106 valence electrons. The first kappa shape index (κ1) is 13.1. The second kappa shape index (κ2) is 5.24. The molecular weight excluding hydrogens is 268 g/mol. The number of hydrogen-bond donors (Lipinski definition) is 2. The molecule has 21 heavy (non-hydrogen) atoms. The molecule has 0 saturated heterocycles. The van der Waals surface area contributed by atoms with Gasteiger partial charge < -0.3 is 15.4 Å². The molecule has 0 fully saturated rings. The summed E-state index contributed by atoms with van der Waals surface area (Å²) >= 11 is 0. The van der Waals surface area contributed by atoms with Crippen molar-refractivity contribution in [1.82, 2.24) is 15.1 Å². The molecule has 6 heteroatoms. The summed E-state index contributed by atoms with van der Waals surface area (Å²) in [7, 11) is 0. The lowest BCUT2D eigenvalue weighted by Crippen LogP contribution is -1.92. The average molecular weight is 282 g/mol. The van der Waals surface area contributed by atoms with E-state index in [1.54, 1.807) is 18.3 Å². The first-order valence-corrected chi connectivity index (χ1v) is 6.56. The molecule has 3 N–H and O–H groups in total. The van der Waals surface area contributed by atoms with E-state index in [4.69, 9.17) is 10.3 Å². The molecule has 3 aromatic rings.